The molecular formula is C18H25N5O2. The number of anilines is 1. The molecule has 134 valence electrons. The summed E-state index contributed by atoms with van der Waals surface area (Å²) in [6.07, 6.45) is 0.307. The summed E-state index contributed by atoms with van der Waals surface area (Å²) in [5.41, 5.74) is 1.90. The molecule has 2 saturated heterocycles. The fourth-order valence-corrected chi connectivity index (χ4v) is 3.69. The van der Waals surface area contributed by atoms with Gasteiger partial charge >= 0.3 is 0 Å². The summed E-state index contributed by atoms with van der Waals surface area (Å²) in [5, 5.41) is 11.7. The Morgan fingerprint density at radius 2 is 2.08 bits per heavy atom. The van der Waals surface area contributed by atoms with Crippen LogP contribution < -0.4 is 15.8 Å². The Balaban J connectivity index is 1.43. The van der Waals surface area contributed by atoms with E-state index in [0.29, 0.717) is 11.5 Å². The van der Waals surface area contributed by atoms with Gasteiger partial charge in [-0.2, -0.15) is 5.10 Å². The molecule has 0 saturated carbocycles. The van der Waals surface area contributed by atoms with Crippen LogP contribution in [0.3, 0.4) is 0 Å². The molecule has 1 atom stereocenters. The lowest BCUT2D eigenvalue weighted by atomic mass is 10.1. The SMILES string of the molecule is Cc1n[nH]c(=O)c2ccc(N3CCN(C[C@H]4CNCCO4)CC3)cc12. The Labute approximate surface area is 147 Å². The first-order chi connectivity index (χ1) is 12.2. The standard InChI is InChI=1S/C18H25N5O2/c1-13-17-10-14(2-3-16(17)18(24)21-20-13)23-7-5-22(6-8-23)12-15-11-19-4-9-25-15/h2-3,10,15,19H,4-9,11-12H2,1H3,(H,21,24)/t15-/m1/s1. The number of fused-ring (bicyclic) bond motifs is 1. The average molecular weight is 343 g/mol. The maximum Gasteiger partial charge on any atom is 0.272 e. The monoisotopic (exact) mass is 343 g/mol. The highest BCUT2D eigenvalue weighted by Gasteiger charge is 2.22. The van der Waals surface area contributed by atoms with Gasteiger partial charge in [0.05, 0.1) is 23.8 Å². The molecule has 25 heavy (non-hydrogen) atoms. The Morgan fingerprint density at radius 3 is 2.84 bits per heavy atom. The van der Waals surface area contributed by atoms with Gasteiger partial charge in [0.2, 0.25) is 0 Å². The van der Waals surface area contributed by atoms with Crippen LogP contribution in [0.25, 0.3) is 10.8 Å². The van der Waals surface area contributed by atoms with Crippen molar-refractivity contribution in [2.24, 2.45) is 0 Å². The van der Waals surface area contributed by atoms with E-state index in [4.69, 9.17) is 4.74 Å². The first kappa shape index (κ1) is 16.5. The highest BCUT2D eigenvalue weighted by molar-refractivity contribution is 5.86. The van der Waals surface area contributed by atoms with Gasteiger partial charge in [0.25, 0.3) is 5.56 Å². The van der Waals surface area contributed by atoms with Crippen LogP contribution in [0.1, 0.15) is 5.69 Å². The second kappa shape index (κ2) is 7.11. The fraction of sp³-hybridized carbons (Fsp3) is 0.556. The van der Waals surface area contributed by atoms with E-state index in [-0.39, 0.29) is 5.56 Å². The summed E-state index contributed by atoms with van der Waals surface area (Å²) in [6.45, 7) is 9.69. The molecule has 3 heterocycles. The first-order valence-electron chi connectivity index (χ1n) is 8.99. The van der Waals surface area contributed by atoms with Crippen molar-refractivity contribution in [1.29, 1.82) is 0 Å². The molecule has 4 rings (SSSR count). The normalized spacial score (nSPS) is 22.4. The van der Waals surface area contributed by atoms with Crippen LogP contribution in [-0.4, -0.2) is 73.6 Å². The number of morpholine rings is 1. The van der Waals surface area contributed by atoms with Gasteiger partial charge in [0, 0.05) is 56.9 Å². The summed E-state index contributed by atoms with van der Waals surface area (Å²) in [7, 11) is 0. The largest absolute Gasteiger partial charge is 0.374 e. The molecule has 0 bridgehead atoms. The number of nitrogens with zero attached hydrogens (tertiary/aromatic N) is 3. The van der Waals surface area contributed by atoms with E-state index in [1.165, 1.54) is 5.69 Å². The van der Waals surface area contributed by atoms with Crippen LogP contribution in [0.2, 0.25) is 0 Å². The van der Waals surface area contributed by atoms with Gasteiger partial charge in [0.1, 0.15) is 0 Å². The quantitative estimate of drug-likeness (QED) is 0.837. The topological polar surface area (TPSA) is 73.5 Å². The summed E-state index contributed by atoms with van der Waals surface area (Å²) < 4.78 is 5.81. The van der Waals surface area contributed by atoms with E-state index >= 15 is 0 Å². The van der Waals surface area contributed by atoms with Gasteiger partial charge in [0.15, 0.2) is 0 Å². The maximum absolute atomic E-state index is 11.9. The number of ether oxygens (including phenoxy) is 1. The molecule has 2 aromatic rings. The van der Waals surface area contributed by atoms with Crippen molar-refractivity contribution in [1.82, 2.24) is 20.4 Å². The van der Waals surface area contributed by atoms with Crippen LogP contribution in [0, 0.1) is 6.92 Å². The maximum atomic E-state index is 11.9. The summed E-state index contributed by atoms with van der Waals surface area (Å²) >= 11 is 0. The smallest absolute Gasteiger partial charge is 0.272 e. The lowest BCUT2D eigenvalue weighted by Crippen LogP contribution is -2.51. The van der Waals surface area contributed by atoms with Gasteiger partial charge in [-0.15, -0.1) is 0 Å². The molecule has 7 nitrogen and oxygen atoms in total. The fourth-order valence-electron chi connectivity index (χ4n) is 3.69. The van der Waals surface area contributed by atoms with E-state index in [1.807, 2.05) is 19.1 Å². The van der Waals surface area contributed by atoms with Crippen LogP contribution >= 0.6 is 0 Å². The van der Waals surface area contributed by atoms with Crippen molar-refractivity contribution in [3.05, 3.63) is 34.2 Å². The summed E-state index contributed by atoms with van der Waals surface area (Å²) in [5.74, 6) is 0. The molecule has 1 aromatic carbocycles. The van der Waals surface area contributed by atoms with Crippen molar-refractivity contribution >= 4 is 16.5 Å². The number of aromatic amines is 1. The minimum atomic E-state index is -0.127. The highest BCUT2D eigenvalue weighted by atomic mass is 16.5. The molecule has 2 N–H and O–H groups in total. The number of H-pyrrole nitrogens is 1. The molecule has 0 amide bonds. The molecular weight excluding hydrogens is 318 g/mol. The Kier molecular flexibility index (Phi) is 4.70. The van der Waals surface area contributed by atoms with Crippen molar-refractivity contribution in [2.75, 3.05) is 57.3 Å². The molecule has 2 aliphatic heterocycles. The van der Waals surface area contributed by atoms with Gasteiger partial charge in [-0.1, -0.05) is 0 Å². The predicted octanol–water partition coefficient (Wildman–Crippen LogP) is 0.342. The van der Waals surface area contributed by atoms with Crippen LogP contribution in [0.5, 0.6) is 0 Å². The molecule has 0 spiro atoms. The van der Waals surface area contributed by atoms with Crippen LogP contribution in [0.15, 0.2) is 23.0 Å². The first-order valence-corrected chi connectivity index (χ1v) is 8.99. The molecule has 1 aromatic heterocycles. The van der Waals surface area contributed by atoms with Gasteiger partial charge in [-0.25, -0.2) is 5.10 Å². The van der Waals surface area contributed by atoms with Crippen molar-refractivity contribution in [2.45, 2.75) is 13.0 Å². The third kappa shape index (κ3) is 3.53. The number of nitrogens with one attached hydrogen (secondary N) is 2. The Morgan fingerprint density at radius 1 is 1.24 bits per heavy atom. The second-order valence-electron chi connectivity index (χ2n) is 6.85. The number of benzene rings is 1. The lowest BCUT2D eigenvalue weighted by molar-refractivity contribution is 0.00465. The number of aryl methyl sites for hydroxylation is 1. The molecule has 2 fully saturated rings. The minimum Gasteiger partial charge on any atom is -0.374 e. The Bertz CT molecular complexity index is 792. The highest BCUT2D eigenvalue weighted by Crippen LogP contribution is 2.22. The second-order valence-corrected chi connectivity index (χ2v) is 6.85. The predicted molar refractivity (Wildman–Crippen MR) is 98.4 cm³/mol. The molecule has 2 aliphatic rings. The summed E-state index contributed by atoms with van der Waals surface area (Å²) in [6, 6.07) is 6.05. The van der Waals surface area contributed by atoms with Crippen molar-refractivity contribution in [3.63, 3.8) is 0 Å². The van der Waals surface area contributed by atoms with Crippen molar-refractivity contribution < 1.29 is 4.74 Å². The van der Waals surface area contributed by atoms with Gasteiger partial charge < -0.3 is 15.0 Å². The molecule has 0 unspecified atom stereocenters. The third-order valence-corrected chi connectivity index (χ3v) is 5.17. The average Bonchev–Trinajstić information content (AvgIpc) is 2.66. The molecule has 7 heteroatoms. The lowest BCUT2D eigenvalue weighted by Gasteiger charge is -2.38. The van der Waals surface area contributed by atoms with Crippen molar-refractivity contribution in [3.8, 4) is 0 Å². The number of aromatic nitrogens is 2. The zero-order chi connectivity index (χ0) is 17.2. The van der Waals surface area contributed by atoms with Gasteiger partial charge in [-0.05, 0) is 25.1 Å². The van der Waals surface area contributed by atoms with Gasteiger partial charge in [-0.3, -0.25) is 9.69 Å². The molecule has 0 aliphatic carbocycles. The Hall–Kier alpha value is -1.96. The van der Waals surface area contributed by atoms with E-state index in [2.05, 4.69) is 31.4 Å². The van der Waals surface area contributed by atoms with E-state index in [0.717, 1.165) is 63.5 Å². The summed E-state index contributed by atoms with van der Waals surface area (Å²) in [4.78, 5) is 16.8. The van der Waals surface area contributed by atoms with Crippen LogP contribution in [0.4, 0.5) is 5.69 Å². The number of piperazine rings is 1. The number of hydrogen-bond acceptors (Lipinski definition) is 6. The van der Waals surface area contributed by atoms with Crippen LogP contribution in [-0.2, 0) is 4.74 Å². The number of hydrogen-bond donors (Lipinski definition) is 2. The zero-order valence-corrected chi connectivity index (χ0v) is 14.6. The minimum absolute atomic E-state index is 0.127. The van der Waals surface area contributed by atoms with E-state index in [1.54, 1.807) is 0 Å². The van der Waals surface area contributed by atoms with E-state index in [9.17, 15) is 4.79 Å². The molecule has 0 radical (unpaired) electrons. The number of rotatable bonds is 3. The zero-order valence-electron chi connectivity index (χ0n) is 14.6. The van der Waals surface area contributed by atoms with E-state index < -0.39 is 0 Å². The third-order valence-electron chi connectivity index (χ3n) is 5.17.